The Bertz CT molecular complexity index is 1110. The molecule has 2 aliphatic heterocycles. The molecule has 18 nitrogen and oxygen atoms in total. The average molecular weight is 569 g/mol. The number of aliphatic hydroxyl groups excluding tert-OH is 6. The molecule has 2 saturated heterocycles. The molecule has 0 bridgehead atoms. The van der Waals surface area contributed by atoms with E-state index < -0.39 is 99.8 Å². The standard InChI is InChI=1S/C19H30N3O15P/c1-7-8(24)4-19(17(29)30,36-15(7)12(26)9(25)5-23)37-38(32,33)34-6-10-13(27)14(28)16(35-10)22-3-2-11(20)21-18(22)31/h2-3,7-10,12-16,23-28H,4-6H2,1H3,(H,29,30)(H,32,33)(H2,20,21,31)/p-2/t7-,8+,9-,10-,12-,13+,14?,15?,16-,19?/m1/s1. The van der Waals surface area contributed by atoms with Gasteiger partial charge in [-0.2, -0.15) is 4.98 Å². The molecule has 8 N–H and O–H groups in total. The van der Waals surface area contributed by atoms with Gasteiger partial charge < -0.3 is 65.2 Å². The minimum Gasteiger partial charge on any atom is -0.756 e. The number of aliphatic carboxylic acids is 1. The Morgan fingerprint density at radius 1 is 1.37 bits per heavy atom. The molecule has 2 aliphatic rings. The fraction of sp³-hybridized carbons (Fsp3) is 0.737. The number of ether oxygens (including phenoxy) is 2. The number of carboxylic acid groups (broad SMARTS) is 1. The van der Waals surface area contributed by atoms with Crippen LogP contribution >= 0.6 is 7.82 Å². The summed E-state index contributed by atoms with van der Waals surface area (Å²) in [4.78, 5) is 39.9. The molecule has 0 amide bonds. The largest absolute Gasteiger partial charge is 0.756 e. The van der Waals surface area contributed by atoms with Crippen LogP contribution in [0.3, 0.4) is 0 Å². The van der Waals surface area contributed by atoms with Gasteiger partial charge in [0.25, 0.3) is 7.82 Å². The van der Waals surface area contributed by atoms with Crippen molar-refractivity contribution in [2.45, 2.75) is 68.1 Å². The third-order valence-electron chi connectivity index (χ3n) is 6.28. The van der Waals surface area contributed by atoms with E-state index in [1.807, 2.05) is 0 Å². The Morgan fingerprint density at radius 3 is 2.61 bits per heavy atom. The molecule has 2 fully saturated rings. The topological polar surface area (TPSA) is 299 Å². The fourth-order valence-corrected chi connectivity index (χ4v) is 5.01. The molecule has 0 aliphatic carbocycles. The van der Waals surface area contributed by atoms with Crippen molar-refractivity contribution in [3.8, 4) is 0 Å². The third kappa shape index (κ3) is 6.22. The van der Waals surface area contributed by atoms with Crippen molar-refractivity contribution in [2.24, 2.45) is 5.92 Å². The molecule has 1 aromatic rings. The van der Waals surface area contributed by atoms with Crippen LogP contribution in [-0.2, 0) is 27.9 Å². The molecule has 1 aromatic heterocycles. The Morgan fingerprint density at radius 2 is 2.03 bits per heavy atom. The first-order valence-corrected chi connectivity index (χ1v) is 12.7. The normalized spacial score (nSPS) is 36.9. The highest BCUT2D eigenvalue weighted by molar-refractivity contribution is 7.45. The lowest BCUT2D eigenvalue weighted by Crippen LogP contribution is -2.64. The van der Waals surface area contributed by atoms with Crippen LogP contribution in [0.2, 0.25) is 0 Å². The average Bonchev–Trinajstić information content (AvgIpc) is 3.12. The molecule has 4 unspecified atom stereocenters. The van der Waals surface area contributed by atoms with E-state index >= 15 is 0 Å². The number of carboxylic acids is 1. The van der Waals surface area contributed by atoms with Gasteiger partial charge in [-0.3, -0.25) is 13.7 Å². The second kappa shape index (κ2) is 11.6. The maximum absolute atomic E-state index is 12.6. The molecule has 0 spiro atoms. The van der Waals surface area contributed by atoms with Gasteiger partial charge in [0.15, 0.2) is 6.23 Å². The molecule has 38 heavy (non-hydrogen) atoms. The van der Waals surface area contributed by atoms with Crippen molar-refractivity contribution in [2.75, 3.05) is 18.9 Å². The van der Waals surface area contributed by atoms with E-state index in [0.717, 1.165) is 10.8 Å². The Labute approximate surface area is 214 Å². The lowest BCUT2D eigenvalue weighted by molar-refractivity contribution is -0.380. The third-order valence-corrected chi connectivity index (χ3v) is 7.26. The van der Waals surface area contributed by atoms with Crippen LogP contribution < -0.4 is 21.4 Å². The first-order valence-electron chi connectivity index (χ1n) is 11.2. The number of rotatable bonds is 10. The molecule has 0 aromatic carbocycles. The highest BCUT2D eigenvalue weighted by atomic mass is 31.2. The Kier molecular flexibility index (Phi) is 9.29. The number of aromatic nitrogens is 2. The highest BCUT2D eigenvalue weighted by Gasteiger charge is 2.52. The van der Waals surface area contributed by atoms with Crippen molar-refractivity contribution < 1.29 is 68.5 Å². The monoisotopic (exact) mass is 569 g/mol. The van der Waals surface area contributed by atoms with Gasteiger partial charge in [0.2, 0.25) is 5.79 Å². The zero-order chi connectivity index (χ0) is 28.6. The van der Waals surface area contributed by atoms with Crippen molar-refractivity contribution in [3.63, 3.8) is 0 Å². The first-order chi connectivity index (χ1) is 17.6. The van der Waals surface area contributed by atoms with Crippen LogP contribution in [0.25, 0.3) is 0 Å². The number of carbonyl (C=O) groups excluding carboxylic acids is 1. The van der Waals surface area contributed by atoms with Gasteiger partial charge in [-0.15, -0.1) is 0 Å². The van der Waals surface area contributed by atoms with E-state index in [0.29, 0.717) is 0 Å². The maximum atomic E-state index is 12.6. The number of hydrogen-bond donors (Lipinski definition) is 7. The minimum atomic E-state index is -5.69. The number of phosphoric ester groups is 1. The molecular weight excluding hydrogens is 541 g/mol. The van der Waals surface area contributed by atoms with E-state index in [-0.39, 0.29) is 5.82 Å². The number of carbonyl (C=O) groups is 1. The Hall–Kier alpha value is -2.06. The van der Waals surface area contributed by atoms with Crippen molar-refractivity contribution in [1.82, 2.24) is 9.55 Å². The lowest BCUT2D eigenvalue weighted by atomic mass is 9.85. The van der Waals surface area contributed by atoms with Gasteiger partial charge in [-0.1, -0.05) is 6.92 Å². The van der Waals surface area contributed by atoms with Crippen LogP contribution in [-0.4, -0.2) is 108 Å². The molecule has 19 heteroatoms. The smallest absolute Gasteiger partial charge is 0.351 e. The zero-order valence-electron chi connectivity index (χ0n) is 19.7. The first kappa shape index (κ1) is 30.5. The second-order valence-corrected chi connectivity index (χ2v) is 10.3. The van der Waals surface area contributed by atoms with Crippen LogP contribution in [0.5, 0.6) is 0 Å². The number of nitrogens with two attached hydrogens (primary N) is 1. The van der Waals surface area contributed by atoms with Gasteiger partial charge in [-0.05, 0) is 6.07 Å². The predicted octanol–water partition coefficient (Wildman–Crippen LogP) is -6.11. The van der Waals surface area contributed by atoms with E-state index in [4.69, 9.17) is 20.3 Å². The summed E-state index contributed by atoms with van der Waals surface area (Å²) in [6.45, 7) is -0.705. The number of nitrogen functional groups attached to an aromatic ring is 1. The van der Waals surface area contributed by atoms with Crippen molar-refractivity contribution in [3.05, 3.63) is 22.7 Å². The van der Waals surface area contributed by atoms with Crippen molar-refractivity contribution in [1.29, 1.82) is 0 Å². The summed E-state index contributed by atoms with van der Waals surface area (Å²) >= 11 is 0. The van der Waals surface area contributed by atoms with E-state index in [1.54, 1.807) is 0 Å². The number of phosphoric acid groups is 1. The van der Waals surface area contributed by atoms with E-state index in [2.05, 4.69) is 14.0 Å². The summed E-state index contributed by atoms with van der Waals surface area (Å²) in [5.74, 6) is -6.68. The quantitative estimate of drug-likeness (QED) is 0.129. The van der Waals surface area contributed by atoms with Crippen LogP contribution in [0, 0.1) is 5.92 Å². The van der Waals surface area contributed by atoms with Gasteiger partial charge in [0.05, 0.1) is 25.4 Å². The summed E-state index contributed by atoms with van der Waals surface area (Å²) in [5.41, 5.74) is 4.45. The molecule has 3 heterocycles. The zero-order valence-corrected chi connectivity index (χ0v) is 20.6. The molecule has 11 atom stereocenters. The molecule has 0 radical (unpaired) electrons. The highest BCUT2D eigenvalue weighted by Crippen LogP contribution is 2.48. The summed E-state index contributed by atoms with van der Waals surface area (Å²) in [6.07, 6.45) is -13.7. The van der Waals surface area contributed by atoms with Crippen LogP contribution in [0.1, 0.15) is 19.6 Å². The number of hydrogen-bond acceptors (Lipinski definition) is 17. The van der Waals surface area contributed by atoms with Crippen LogP contribution in [0.4, 0.5) is 5.82 Å². The summed E-state index contributed by atoms with van der Waals surface area (Å²) in [7, 11) is -5.69. The van der Waals surface area contributed by atoms with Crippen molar-refractivity contribution >= 4 is 19.6 Å². The lowest BCUT2D eigenvalue weighted by Gasteiger charge is -2.49. The summed E-state index contributed by atoms with van der Waals surface area (Å²) < 4.78 is 33.0. The van der Waals surface area contributed by atoms with Gasteiger partial charge in [0, 0.05) is 18.5 Å². The number of anilines is 1. The minimum absolute atomic E-state index is 0.129. The molecule has 0 saturated carbocycles. The second-order valence-electron chi connectivity index (χ2n) is 8.92. The number of aliphatic hydroxyl groups is 6. The van der Waals surface area contributed by atoms with Gasteiger partial charge >= 0.3 is 5.69 Å². The van der Waals surface area contributed by atoms with Crippen LogP contribution in [0.15, 0.2) is 17.1 Å². The van der Waals surface area contributed by atoms with Gasteiger partial charge in [-0.25, -0.2) is 4.79 Å². The fourth-order valence-electron chi connectivity index (χ4n) is 4.08. The van der Waals surface area contributed by atoms with E-state index in [9.17, 15) is 49.7 Å². The molecule has 216 valence electrons. The SMILES string of the molecule is C[C@H]1C([C@H](O)[C@H](O)CO)OC(OP(=O)([O-])OC[C@H]2O[C@@H](n3ccc(N)nc3=O)C(O)[C@H]2O)(C(=O)[O-])C[C@@H]1O. The van der Waals surface area contributed by atoms with E-state index in [1.165, 1.54) is 13.0 Å². The van der Waals surface area contributed by atoms with Gasteiger partial charge in [0.1, 0.15) is 42.3 Å². The number of nitrogens with zero attached hydrogens (tertiary/aromatic N) is 2. The Balaban J connectivity index is 1.74. The molecular formula is C19H28N3O15P-2. The molecule has 3 rings (SSSR count). The summed E-state index contributed by atoms with van der Waals surface area (Å²) in [6, 6.07) is 1.20. The summed E-state index contributed by atoms with van der Waals surface area (Å²) in [5, 5.41) is 71.7. The maximum Gasteiger partial charge on any atom is 0.351 e. The predicted molar refractivity (Wildman–Crippen MR) is 115 cm³/mol.